The molecule has 0 amide bonds. The van der Waals surface area contributed by atoms with Crippen LogP contribution in [0, 0.1) is 6.92 Å². The fraction of sp³-hybridized carbons (Fsp3) is 0.120. The second-order valence-corrected chi connectivity index (χ2v) is 9.02. The summed E-state index contributed by atoms with van der Waals surface area (Å²) in [7, 11) is -2.08. The van der Waals surface area contributed by atoms with Crippen molar-refractivity contribution in [1.29, 1.82) is 0 Å². The zero-order valence-electron chi connectivity index (χ0n) is 16.8. The number of aryl methyl sites for hydroxylation is 1. The molecular weight excluding hydrogens is 396 g/mol. The number of benzene rings is 4. The average Bonchev–Trinajstić information content (AvgIpc) is 2.77. The van der Waals surface area contributed by atoms with E-state index in [2.05, 4.69) is 0 Å². The van der Waals surface area contributed by atoms with Gasteiger partial charge in [0.1, 0.15) is 6.61 Å². The van der Waals surface area contributed by atoms with Gasteiger partial charge in [0.05, 0.1) is 16.9 Å². The third kappa shape index (κ3) is 3.89. The van der Waals surface area contributed by atoms with Crippen LogP contribution in [0.3, 0.4) is 0 Å². The van der Waals surface area contributed by atoms with Gasteiger partial charge >= 0.3 is 0 Å². The third-order valence-corrected chi connectivity index (χ3v) is 6.76. The Bertz CT molecular complexity index is 1280. The summed E-state index contributed by atoms with van der Waals surface area (Å²) in [5, 5.41) is 1.57. The van der Waals surface area contributed by atoms with E-state index in [0.29, 0.717) is 23.5 Å². The lowest BCUT2D eigenvalue weighted by molar-refractivity contribution is 0.286. The summed E-state index contributed by atoms with van der Waals surface area (Å²) in [6.45, 7) is 2.32. The van der Waals surface area contributed by atoms with Crippen molar-refractivity contribution in [3.05, 3.63) is 96.1 Å². The van der Waals surface area contributed by atoms with E-state index in [4.69, 9.17) is 9.47 Å². The molecule has 0 aliphatic carbocycles. The third-order valence-electron chi connectivity index (χ3n) is 4.99. The fourth-order valence-corrected chi connectivity index (χ4v) is 4.62. The predicted octanol–water partition coefficient (Wildman–Crippen LogP) is 5.57. The van der Waals surface area contributed by atoms with Crippen molar-refractivity contribution < 1.29 is 17.9 Å². The van der Waals surface area contributed by atoms with Crippen LogP contribution < -0.4 is 9.47 Å². The number of hydrogen-bond acceptors (Lipinski definition) is 4. The second-order valence-electron chi connectivity index (χ2n) is 7.07. The predicted molar refractivity (Wildman–Crippen MR) is 118 cm³/mol. The van der Waals surface area contributed by atoms with Crippen LogP contribution in [-0.2, 0) is 16.4 Å². The van der Waals surface area contributed by atoms with Crippen molar-refractivity contribution >= 4 is 20.6 Å². The standard InChI is InChI=1S/C25H22O4S/c1-18-8-12-21(13-9-18)30(26,27)22-14-10-20-11-15-24(25(28-2)23(20)16-22)29-17-19-6-4-3-5-7-19/h3-16H,17H2,1-2H3. The normalized spacial score (nSPS) is 11.4. The summed E-state index contributed by atoms with van der Waals surface area (Å²) in [6.07, 6.45) is 0. The molecule has 0 spiro atoms. The SMILES string of the molecule is COc1c(OCc2ccccc2)ccc2ccc(S(=O)(=O)c3ccc(C)cc3)cc12. The van der Waals surface area contributed by atoms with E-state index in [0.717, 1.165) is 16.5 Å². The molecular formula is C25H22O4S. The summed E-state index contributed by atoms with van der Waals surface area (Å²) in [5.74, 6) is 1.09. The first-order valence-corrected chi connectivity index (χ1v) is 11.1. The van der Waals surface area contributed by atoms with Crippen LogP contribution in [0.5, 0.6) is 11.5 Å². The zero-order valence-corrected chi connectivity index (χ0v) is 17.6. The molecule has 4 aromatic rings. The number of hydrogen-bond donors (Lipinski definition) is 0. The van der Waals surface area contributed by atoms with Crippen LogP contribution in [-0.4, -0.2) is 15.5 Å². The Morgan fingerprint density at radius 1 is 0.800 bits per heavy atom. The lowest BCUT2D eigenvalue weighted by atomic mass is 10.1. The monoisotopic (exact) mass is 418 g/mol. The van der Waals surface area contributed by atoms with Gasteiger partial charge in [0.15, 0.2) is 11.5 Å². The molecule has 4 aromatic carbocycles. The Morgan fingerprint density at radius 3 is 2.17 bits per heavy atom. The van der Waals surface area contributed by atoms with Gasteiger partial charge < -0.3 is 9.47 Å². The van der Waals surface area contributed by atoms with Gasteiger partial charge in [0.25, 0.3) is 0 Å². The molecule has 0 aromatic heterocycles. The van der Waals surface area contributed by atoms with Crippen molar-refractivity contribution in [2.75, 3.05) is 7.11 Å². The summed E-state index contributed by atoms with van der Waals surface area (Å²) in [4.78, 5) is 0.486. The van der Waals surface area contributed by atoms with Gasteiger partial charge in [-0.05, 0) is 48.2 Å². The molecule has 0 heterocycles. The summed E-state index contributed by atoms with van der Waals surface area (Å²) in [5.41, 5.74) is 2.05. The highest BCUT2D eigenvalue weighted by Crippen LogP contribution is 2.37. The van der Waals surface area contributed by atoms with Gasteiger partial charge in [0.2, 0.25) is 9.84 Å². The Hall–Kier alpha value is -3.31. The van der Waals surface area contributed by atoms with Crippen molar-refractivity contribution in [1.82, 2.24) is 0 Å². The van der Waals surface area contributed by atoms with Crippen LogP contribution in [0.15, 0.2) is 94.7 Å². The quantitative estimate of drug-likeness (QED) is 0.411. The molecule has 0 N–H and O–H groups in total. The van der Waals surface area contributed by atoms with Crippen molar-refractivity contribution in [2.45, 2.75) is 23.3 Å². The minimum atomic E-state index is -3.64. The van der Waals surface area contributed by atoms with Crippen molar-refractivity contribution in [3.63, 3.8) is 0 Å². The highest BCUT2D eigenvalue weighted by atomic mass is 32.2. The Labute approximate surface area is 176 Å². The van der Waals surface area contributed by atoms with E-state index in [1.54, 1.807) is 49.6 Å². The molecule has 0 saturated heterocycles. The van der Waals surface area contributed by atoms with E-state index in [9.17, 15) is 8.42 Å². The molecule has 0 aliphatic heterocycles. The van der Waals surface area contributed by atoms with Gasteiger partial charge in [-0.15, -0.1) is 0 Å². The van der Waals surface area contributed by atoms with E-state index in [1.165, 1.54) is 0 Å². The first kappa shape index (κ1) is 20.0. The lowest BCUT2D eigenvalue weighted by Gasteiger charge is -2.14. The van der Waals surface area contributed by atoms with Crippen LogP contribution in [0.4, 0.5) is 0 Å². The molecule has 0 atom stereocenters. The van der Waals surface area contributed by atoms with Gasteiger partial charge in [-0.25, -0.2) is 8.42 Å². The molecule has 0 bridgehead atoms. The van der Waals surface area contributed by atoms with Crippen LogP contribution in [0.1, 0.15) is 11.1 Å². The second kappa shape index (κ2) is 8.20. The Morgan fingerprint density at radius 2 is 1.47 bits per heavy atom. The maximum Gasteiger partial charge on any atom is 0.206 e. The average molecular weight is 419 g/mol. The first-order valence-electron chi connectivity index (χ1n) is 9.58. The van der Waals surface area contributed by atoms with Crippen LogP contribution in [0.2, 0.25) is 0 Å². The Kier molecular flexibility index (Phi) is 5.46. The Balaban J connectivity index is 1.74. The number of fused-ring (bicyclic) bond motifs is 1. The number of sulfone groups is 1. The highest BCUT2D eigenvalue weighted by molar-refractivity contribution is 7.91. The number of methoxy groups -OCH3 is 1. The van der Waals surface area contributed by atoms with Crippen molar-refractivity contribution in [2.24, 2.45) is 0 Å². The van der Waals surface area contributed by atoms with Crippen LogP contribution in [0.25, 0.3) is 10.8 Å². The minimum absolute atomic E-state index is 0.220. The number of rotatable bonds is 6. The van der Waals surface area contributed by atoms with Gasteiger partial charge in [-0.3, -0.25) is 0 Å². The van der Waals surface area contributed by atoms with E-state index >= 15 is 0 Å². The zero-order chi connectivity index (χ0) is 21.1. The topological polar surface area (TPSA) is 52.6 Å². The molecule has 0 saturated carbocycles. The molecule has 0 radical (unpaired) electrons. The maximum absolute atomic E-state index is 13.1. The van der Waals surface area contributed by atoms with Gasteiger partial charge in [0, 0.05) is 5.39 Å². The fourth-order valence-electron chi connectivity index (χ4n) is 3.33. The molecule has 0 fully saturated rings. The largest absolute Gasteiger partial charge is 0.492 e. The molecule has 0 unspecified atom stereocenters. The molecule has 152 valence electrons. The van der Waals surface area contributed by atoms with E-state index in [1.807, 2.05) is 49.4 Å². The molecule has 0 aliphatic rings. The maximum atomic E-state index is 13.1. The van der Waals surface area contributed by atoms with Crippen molar-refractivity contribution in [3.8, 4) is 11.5 Å². The smallest absolute Gasteiger partial charge is 0.206 e. The highest BCUT2D eigenvalue weighted by Gasteiger charge is 2.19. The lowest BCUT2D eigenvalue weighted by Crippen LogP contribution is -2.02. The molecule has 5 heteroatoms. The minimum Gasteiger partial charge on any atom is -0.492 e. The van der Waals surface area contributed by atoms with Gasteiger partial charge in [-0.1, -0.05) is 60.2 Å². The summed E-state index contributed by atoms with van der Waals surface area (Å²) >= 11 is 0. The molecule has 30 heavy (non-hydrogen) atoms. The summed E-state index contributed by atoms with van der Waals surface area (Å²) in [6, 6.07) is 25.5. The summed E-state index contributed by atoms with van der Waals surface area (Å²) < 4.78 is 37.8. The van der Waals surface area contributed by atoms with E-state index < -0.39 is 9.84 Å². The van der Waals surface area contributed by atoms with Gasteiger partial charge in [-0.2, -0.15) is 0 Å². The van der Waals surface area contributed by atoms with E-state index in [-0.39, 0.29) is 9.79 Å². The molecule has 4 nitrogen and oxygen atoms in total. The first-order chi connectivity index (χ1) is 14.5. The van der Waals surface area contributed by atoms with Crippen LogP contribution >= 0.6 is 0 Å². The number of ether oxygens (including phenoxy) is 2. The molecule has 4 rings (SSSR count).